The van der Waals surface area contributed by atoms with Crippen LogP contribution in [0.4, 0.5) is 0 Å². The average Bonchev–Trinajstić information content (AvgIpc) is 2.64. The van der Waals surface area contributed by atoms with Gasteiger partial charge in [-0.1, -0.05) is 6.08 Å². The molecule has 1 fully saturated rings. The van der Waals surface area contributed by atoms with Crippen LogP contribution >= 0.6 is 0 Å². The molecule has 3 N–H and O–H groups in total. The lowest BCUT2D eigenvalue weighted by atomic mass is 9.77. The van der Waals surface area contributed by atoms with Gasteiger partial charge in [-0.05, 0) is 51.4 Å². The molecule has 120 valence electrons. The Bertz CT molecular complexity index is 568. The van der Waals surface area contributed by atoms with E-state index in [1.54, 1.807) is 25.3 Å². The predicted molar refractivity (Wildman–Crippen MR) is 87.8 cm³/mol. The first-order valence-corrected chi connectivity index (χ1v) is 7.33. The minimum atomic E-state index is -0.512. The van der Waals surface area contributed by atoms with Gasteiger partial charge in [0.1, 0.15) is 11.5 Å². The number of methoxy groups -OCH3 is 1. The maximum Gasteiger partial charge on any atom is 0.491 e. The summed E-state index contributed by atoms with van der Waals surface area (Å²) in [6, 6.07) is 4.91. The first kappa shape index (κ1) is 16.9. The number of hydrogen-bond acceptors (Lipinski definition) is 5. The number of phenols is 1. The van der Waals surface area contributed by atoms with Crippen molar-refractivity contribution in [2.45, 2.75) is 38.9 Å². The van der Waals surface area contributed by atoms with E-state index in [4.69, 9.17) is 19.8 Å². The van der Waals surface area contributed by atoms with Gasteiger partial charge in [0.25, 0.3) is 0 Å². The minimum Gasteiger partial charge on any atom is -0.508 e. The van der Waals surface area contributed by atoms with Gasteiger partial charge in [0.2, 0.25) is 0 Å². The molecule has 0 bridgehead atoms. The number of aromatic hydroxyl groups is 1. The first-order chi connectivity index (χ1) is 10.2. The Hall–Kier alpha value is -1.50. The highest BCUT2D eigenvalue weighted by atomic mass is 16.7. The van der Waals surface area contributed by atoms with E-state index >= 15 is 0 Å². The van der Waals surface area contributed by atoms with Crippen molar-refractivity contribution in [1.82, 2.24) is 0 Å². The van der Waals surface area contributed by atoms with E-state index in [1.807, 2.05) is 33.8 Å². The lowest BCUT2D eigenvalue weighted by Gasteiger charge is -2.32. The first-order valence-electron chi connectivity index (χ1n) is 7.33. The maximum absolute atomic E-state index is 9.67. The second-order valence-electron chi connectivity index (χ2n) is 6.44. The summed E-state index contributed by atoms with van der Waals surface area (Å²) in [4.78, 5) is 0. The highest BCUT2D eigenvalue weighted by Crippen LogP contribution is 2.39. The molecular weight excluding hydrogens is 281 g/mol. The smallest absolute Gasteiger partial charge is 0.491 e. The summed E-state index contributed by atoms with van der Waals surface area (Å²) in [6.07, 6.45) is 1.85. The molecular formula is C16H24BNO4. The van der Waals surface area contributed by atoms with Crippen molar-refractivity contribution in [1.29, 1.82) is 0 Å². The third-order valence-electron chi connectivity index (χ3n) is 4.35. The van der Waals surface area contributed by atoms with Crippen LogP contribution in [0.3, 0.4) is 0 Å². The molecule has 1 aromatic rings. The molecule has 1 aliphatic heterocycles. The van der Waals surface area contributed by atoms with Crippen LogP contribution in [0.1, 0.15) is 33.3 Å². The third-order valence-corrected chi connectivity index (χ3v) is 4.35. The van der Waals surface area contributed by atoms with Gasteiger partial charge < -0.3 is 24.9 Å². The highest BCUT2D eigenvalue weighted by molar-refractivity contribution is 6.55. The van der Waals surface area contributed by atoms with Crippen LogP contribution in [0, 0.1) is 0 Å². The normalized spacial score (nSPS) is 20.3. The molecule has 0 atom stereocenters. The Balaban J connectivity index is 2.35. The second-order valence-corrected chi connectivity index (χ2v) is 6.44. The van der Waals surface area contributed by atoms with Crippen molar-refractivity contribution >= 4 is 13.2 Å². The molecule has 1 aliphatic rings. The van der Waals surface area contributed by atoms with E-state index in [0.29, 0.717) is 5.75 Å². The van der Waals surface area contributed by atoms with Crippen molar-refractivity contribution < 1.29 is 19.2 Å². The molecule has 0 saturated carbocycles. The molecule has 0 amide bonds. The number of hydrogen-bond donors (Lipinski definition) is 2. The molecule has 0 spiro atoms. The van der Waals surface area contributed by atoms with Crippen LogP contribution in [0.15, 0.2) is 23.7 Å². The van der Waals surface area contributed by atoms with Gasteiger partial charge in [0.05, 0.1) is 18.3 Å². The molecule has 6 heteroatoms. The monoisotopic (exact) mass is 305 g/mol. The molecule has 0 aromatic heterocycles. The Morgan fingerprint density at radius 3 is 2.36 bits per heavy atom. The number of benzene rings is 1. The van der Waals surface area contributed by atoms with Crippen LogP contribution in [0.25, 0.3) is 6.08 Å². The summed E-state index contributed by atoms with van der Waals surface area (Å²) in [5.41, 5.74) is 6.56. The molecule has 0 radical (unpaired) electrons. The fraction of sp³-hybridized carbons (Fsp3) is 0.500. The van der Waals surface area contributed by atoms with Crippen molar-refractivity contribution in [3.63, 3.8) is 0 Å². The van der Waals surface area contributed by atoms with E-state index in [1.165, 1.54) is 0 Å². The maximum atomic E-state index is 9.67. The molecule has 2 rings (SSSR count). The Morgan fingerprint density at radius 2 is 1.86 bits per heavy atom. The standard InChI is InChI=1S/C16H24BNO4/c1-15(2)16(3,4)22-17(21-15)12(10-18)8-11-9-13(19)6-7-14(11)20-5/h6-9,19H,10,18H2,1-5H3. The van der Waals surface area contributed by atoms with E-state index in [2.05, 4.69) is 0 Å². The van der Waals surface area contributed by atoms with E-state index < -0.39 is 18.3 Å². The topological polar surface area (TPSA) is 73.9 Å². The second kappa shape index (κ2) is 5.95. The van der Waals surface area contributed by atoms with Gasteiger partial charge >= 0.3 is 7.12 Å². The fourth-order valence-corrected chi connectivity index (χ4v) is 2.25. The van der Waals surface area contributed by atoms with Gasteiger partial charge in [-0.25, -0.2) is 0 Å². The summed E-state index contributed by atoms with van der Waals surface area (Å²) in [5, 5.41) is 9.67. The quantitative estimate of drug-likeness (QED) is 0.835. The van der Waals surface area contributed by atoms with Gasteiger partial charge in [-0.15, -0.1) is 0 Å². The van der Waals surface area contributed by atoms with Crippen LogP contribution in [-0.4, -0.2) is 37.1 Å². The Kier molecular flexibility index (Phi) is 4.56. The van der Waals surface area contributed by atoms with E-state index in [9.17, 15) is 5.11 Å². The van der Waals surface area contributed by atoms with Gasteiger partial charge in [0.15, 0.2) is 0 Å². The van der Waals surface area contributed by atoms with Crippen molar-refractivity contribution in [2.75, 3.05) is 13.7 Å². The summed E-state index contributed by atoms with van der Waals surface area (Å²) < 4.78 is 17.4. The summed E-state index contributed by atoms with van der Waals surface area (Å²) >= 11 is 0. The van der Waals surface area contributed by atoms with Crippen molar-refractivity contribution in [3.05, 3.63) is 29.2 Å². The third kappa shape index (κ3) is 3.14. The molecule has 5 nitrogen and oxygen atoms in total. The molecule has 0 unspecified atom stereocenters. The van der Waals surface area contributed by atoms with Gasteiger partial charge in [-0.2, -0.15) is 0 Å². The highest BCUT2D eigenvalue weighted by Gasteiger charge is 2.52. The van der Waals surface area contributed by atoms with Crippen molar-refractivity contribution in [2.24, 2.45) is 5.73 Å². The van der Waals surface area contributed by atoms with Crippen LogP contribution < -0.4 is 10.5 Å². The van der Waals surface area contributed by atoms with E-state index in [-0.39, 0.29) is 12.3 Å². The van der Waals surface area contributed by atoms with Crippen LogP contribution in [0.5, 0.6) is 11.5 Å². The zero-order chi connectivity index (χ0) is 16.5. The molecule has 0 aliphatic carbocycles. The minimum absolute atomic E-state index is 0.164. The molecule has 22 heavy (non-hydrogen) atoms. The van der Waals surface area contributed by atoms with Crippen LogP contribution in [0.2, 0.25) is 0 Å². The molecule has 1 heterocycles. The zero-order valence-electron chi connectivity index (χ0n) is 13.8. The largest absolute Gasteiger partial charge is 0.508 e. The number of phenolic OH excluding ortho intramolecular Hbond substituents is 1. The fourth-order valence-electron chi connectivity index (χ4n) is 2.25. The summed E-state index contributed by atoms with van der Waals surface area (Å²) in [6.45, 7) is 8.27. The SMILES string of the molecule is COc1ccc(O)cc1C=C(CN)B1OC(C)(C)C(C)(C)O1. The number of rotatable bonds is 4. The average molecular weight is 305 g/mol. The Labute approximate surface area is 132 Å². The predicted octanol–water partition coefficient (Wildman–Crippen LogP) is 2.37. The lowest BCUT2D eigenvalue weighted by Crippen LogP contribution is -2.41. The van der Waals surface area contributed by atoms with E-state index in [0.717, 1.165) is 11.0 Å². The molecule has 1 aromatic carbocycles. The van der Waals surface area contributed by atoms with Gasteiger partial charge in [-0.3, -0.25) is 0 Å². The number of ether oxygens (including phenoxy) is 1. The lowest BCUT2D eigenvalue weighted by molar-refractivity contribution is 0.00578. The molecule has 1 saturated heterocycles. The van der Waals surface area contributed by atoms with Crippen molar-refractivity contribution in [3.8, 4) is 11.5 Å². The number of nitrogens with two attached hydrogens (primary N) is 1. The zero-order valence-corrected chi connectivity index (χ0v) is 13.8. The Morgan fingerprint density at radius 1 is 1.27 bits per heavy atom. The van der Waals surface area contributed by atoms with Gasteiger partial charge in [0, 0.05) is 12.1 Å². The summed E-state index contributed by atoms with van der Waals surface area (Å²) in [5.74, 6) is 0.817. The summed E-state index contributed by atoms with van der Waals surface area (Å²) in [7, 11) is 1.07. The van der Waals surface area contributed by atoms with Crippen LogP contribution in [-0.2, 0) is 9.31 Å².